The van der Waals surface area contributed by atoms with E-state index in [2.05, 4.69) is 31.7 Å². The third-order valence-electron chi connectivity index (χ3n) is 7.31. The summed E-state index contributed by atoms with van der Waals surface area (Å²) in [5, 5.41) is 2.58. The first-order valence-electron chi connectivity index (χ1n) is 13.4. The fraction of sp³-hybridized carbons (Fsp3) is 0.571. The molecule has 2 aromatic rings. The molecule has 2 aliphatic rings. The molecule has 204 valence electrons. The Kier molecular flexibility index (Phi) is 11.8. The van der Waals surface area contributed by atoms with E-state index in [1.165, 1.54) is 12.8 Å². The number of unbranched alkanes of at least 4 members (excludes halogenated alkanes) is 2. The summed E-state index contributed by atoms with van der Waals surface area (Å²) in [7, 11) is 0. The first-order valence-corrected chi connectivity index (χ1v) is 14.9. The monoisotopic (exact) mass is 586 g/mol. The first-order chi connectivity index (χ1) is 18.0. The van der Waals surface area contributed by atoms with Gasteiger partial charge >= 0.3 is 0 Å². The number of hydrogen-bond acceptors (Lipinski definition) is 5. The third-order valence-corrected chi connectivity index (χ3v) is 8.93. The van der Waals surface area contributed by atoms with E-state index in [9.17, 15) is 0 Å². The smallest absolute Gasteiger partial charge is 0.0825 e. The number of ether oxygens (including phenoxy) is 1. The number of benzene rings is 2. The Morgan fingerprint density at radius 1 is 0.541 bits per heavy atom. The fourth-order valence-corrected chi connectivity index (χ4v) is 5.91. The predicted octanol–water partition coefficient (Wildman–Crippen LogP) is 6.82. The van der Waals surface area contributed by atoms with Gasteiger partial charge in [-0.05, 0) is 63.0 Å². The van der Waals surface area contributed by atoms with E-state index in [0.29, 0.717) is 20.1 Å². The summed E-state index contributed by atoms with van der Waals surface area (Å²) in [5.41, 5.74) is 2.10. The summed E-state index contributed by atoms with van der Waals surface area (Å²) in [5.74, 6) is 0. The third kappa shape index (κ3) is 8.53. The highest BCUT2D eigenvalue weighted by Crippen LogP contribution is 2.34. The summed E-state index contributed by atoms with van der Waals surface area (Å²) >= 11 is 25.1. The molecular formula is C28H38Cl4N4O. The Balaban J connectivity index is 0.986. The van der Waals surface area contributed by atoms with Crippen LogP contribution in [-0.2, 0) is 4.74 Å². The number of rotatable bonds is 12. The first kappa shape index (κ1) is 29.1. The van der Waals surface area contributed by atoms with Gasteiger partial charge in [0.2, 0.25) is 0 Å². The maximum Gasteiger partial charge on any atom is 0.0825 e. The van der Waals surface area contributed by atoms with E-state index < -0.39 is 0 Å². The molecule has 0 atom stereocenters. The van der Waals surface area contributed by atoms with Gasteiger partial charge in [0.05, 0.1) is 31.5 Å². The molecule has 0 bridgehead atoms. The van der Waals surface area contributed by atoms with Crippen LogP contribution in [0, 0.1) is 0 Å². The van der Waals surface area contributed by atoms with Gasteiger partial charge in [0, 0.05) is 65.6 Å². The number of anilines is 2. The van der Waals surface area contributed by atoms with Gasteiger partial charge in [0.1, 0.15) is 0 Å². The Labute approximate surface area is 242 Å². The van der Waals surface area contributed by atoms with Gasteiger partial charge in [-0.15, -0.1) is 0 Å². The summed E-state index contributed by atoms with van der Waals surface area (Å²) in [4.78, 5) is 9.75. The summed E-state index contributed by atoms with van der Waals surface area (Å²) in [6.07, 6.45) is 4.60. The molecule has 0 radical (unpaired) electrons. The molecule has 0 unspecified atom stereocenters. The minimum atomic E-state index is 0.625. The summed E-state index contributed by atoms with van der Waals surface area (Å²) < 4.78 is 5.90. The average Bonchev–Trinajstić information content (AvgIpc) is 2.92. The van der Waals surface area contributed by atoms with E-state index in [1.54, 1.807) is 0 Å². The normalized spacial score (nSPS) is 17.5. The second kappa shape index (κ2) is 15.0. The zero-order chi connectivity index (χ0) is 26.0. The molecule has 0 amide bonds. The lowest BCUT2D eigenvalue weighted by Crippen LogP contribution is -2.46. The minimum absolute atomic E-state index is 0.625. The van der Waals surface area contributed by atoms with Crippen molar-refractivity contribution in [3.05, 3.63) is 56.5 Å². The molecule has 9 heteroatoms. The molecule has 37 heavy (non-hydrogen) atoms. The van der Waals surface area contributed by atoms with Crippen LogP contribution in [0.4, 0.5) is 11.4 Å². The van der Waals surface area contributed by atoms with Crippen LogP contribution in [0.1, 0.15) is 25.7 Å². The van der Waals surface area contributed by atoms with Crippen LogP contribution in [0.3, 0.4) is 0 Å². The summed E-state index contributed by atoms with van der Waals surface area (Å²) in [6, 6.07) is 11.7. The Morgan fingerprint density at radius 2 is 0.946 bits per heavy atom. The molecule has 0 aliphatic carbocycles. The van der Waals surface area contributed by atoms with E-state index in [-0.39, 0.29) is 0 Å². The average molecular weight is 588 g/mol. The lowest BCUT2D eigenvalue weighted by atomic mass is 10.2. The van der Waals surface area contributed by atoms with E-state index >= 15 is 0 Å². The topological polar surface area (TPSA) is 22.2 Å². The molecule has 4 rings (SSSR count). The Hall–Kier alpha value is -0.920. The van der Waals surface area contributed by atoms with Crippen molar-refractivity contribution in [1.29, 1.82) is 0 Å². The number of nitrogens with zero attached hydrogens (tertiary/aromatic N) is 4. The molecule has 0 spiro atoms. The van der Waals surface area contributed by atoms with Crippen LogP contribution in [-0.4, -0.2) is 88.5 Å². The molecule has 5 nitrogen and oxygen atoms in total. The van der Waals surface area contributed by atoms with Gasteiger partial charge in [-0.2, -0.15) is 0 Å². The number of piperazine rings is 2. The van der Waals surface area contributed by atoms with Crippen molar-refractivity contribution in [2.24, 2.45) is 0 Å². The van der Waals surface area contributed by atoms with Gasteiger partial charge in [-0.3, -0.25) is 9.80 Å². The number of hydrogen-bond donors (Lipinski definition) is 0. The predicted molar refractivity (Wildman–Crippen MR) is 160 cm³/mol. The van der Waals surface area contributed by atoms with Crippen LogP contribution in [0.5, 0.6) is 0 Å². The standard InChI is InChI=1S/C28H38Cl4N4O/c29-23-7-5-9-25(27(23)31)35-17-13-33(14-18-35)11-1-3-21-37-22-4-2-12-34-15-19-36(20-16-34)26-10-6-8-24(30)28(26)32/h5-10H,1-4,11-22H2. The van der Waals surface area contributed by atoms with Crippen molar-refractivity contribution in [1.82, 2.24) is 9.80 Å². The van der Waals surface area contributed by atoms with Crippen molar-refractivity contribution in [2.75, 3.05) is 88.5 Å². The lowest BCUT2D eigenvalue weighted by Gasteiger charge is -2.36. The SMILES string of the molecule is Clc1cccc(N2CCN(CCCCOCCCCN3CCN(c4cccc(Cl)c4Cl)CC3)CC2)c1Cl. The van der Waals surface area contributed by atoms with Crippen LogP contribution in [0.15, 0.2) is 36.4 Å². The highest BCUT2D eigenvalue weighted by molar-refractivity contribution is 6.44. The van der Waals surface area contributed by atoms with Gasteiger partial charge in [-0.25, -0.2) is 0 Å². The van der Waals surface area contributed by atoms with E-state index in [1.807, 2.05) is 24.3 Å². The molecule has 2 aliphatic heterocycles. The zero-order valence-corrected chi connectivity index (χ0v) is 24.5. The van der Waals surface area contributed by atoms with E-state index in [0.717, 1.165) is 103 Å². The molecular weight excluding hydrogens is 550 g/mol. The van der Waals surface area contributed by atoms with Crippen molar-refractivity contribution >= 4 is 57.8 Å². The second-order valence-corrected chi connectivity index (χ2v) is 11.4. The largest absolute Gasteiger partial charge is 0.381 e. The maximum absolute atomic E-state index is 6.39. The van der Waals surface area contributed by atoms with Gasteiger partial charge in [0.25, 0.3) is 0 Å². The molecule has 0 saturated carbocycles. The molecule has 2 heterocycles. The maximum atomic E-state index is 6.39. The van der Waals surface area contributed by atoms with Crippen LogP contribution in [0.25, 0.3) is 0 Å². The van der Waals surface area contributed by atoms with Gasteiger partial charge < -0.3 is 14.5 Å². The van der Waals surface area contributed by atoms with Crippen LogP contribution in [0.2, 0.25) is 20.1 Å². The van der Waals surface area contributed by atoms with Crippen molar-refractivity contribution < 1.29 is 4.74 Å². The Morgan fingerprint density at radius 3 is 1.35 bits per heavy atom. The van der Waals surface area contributed by atoms with Crippen LogP contribution < -0.4 is 9.80 Å². The van der Waals surface area contributed by atoms with Crippen LogP contribution >= 0.6 is 46.4 Å². The van der Waals surface area contributed by atoms with Crippen molar-refractivity contribution in [3.8, 4) is 0 Å². The fourth-order valence-electron chi connectivity index (χ4n) is 5.08. The molecule has 2 saturated heterocycles. The molecule has 0 N–H and O–H groups in total. The summed E-state index contributed by atoms with van der Waals surface area (Å²) in [6.45, 7) is 12.2. The number of halogens is 4. The highest BCUT2D eigenvalue weighted by Gasteiger charge is 2.20. The highest BCUT2D eigenvalue weighted by atomic mass is 35.5. The molecule has 0 aromatic heterocycles. The zero-order valence-electron chi connectivity index (χ0n) is 21.5. The van der Waals surface area contributed by atoms with Crippen molar-refractivity contribution in [3.63, 3.8) is 0 Å². The quantitative estimate of drug-likeness (QED) is 0.253. The van der Waals surface area contributed by atoms with Gasteiger partial charge in [-0.1, -0.05) is 58.5 Å². The van der Waals surface area contributed by atoms with E-state index in [4.69, 9.17) is 51.1 Å². The minimum Gasteiger partial charge on any atom is -0.381 e. The second-order valence-electron chi connectivity index (χ2n) is 9.83. The lowest BCUT2D eigenvalue weighted by molar-refractivity contribution is 0.119. The Bertz CT molecular complexity index is 901. The molecule has 2 fully saturated rings. The van der Waals surface area contributed by atoms with Gasteiger partial charge in [0.15, 0.2) is 0 Å². The molecule has 2 aromatic carbocycles. The van der Waals surface area contributed by atoms with Crippen molar-refractivity contribution in [2.45, 2.75) is 25.7 Å².